The monoisotopic (exact) mass is 324 g/mol. The van der Waals surface area contributed by atoms with Crippen molar-refractivity contribution in [2.24, 2.45) is 0 Å². The van der Waals surface area contributed by atoms with E-state index in [9.17, 15) is 0 Å². The number of rotatable bonds is 1. The molecule has 0 unspecified atom stereocenters. The van der Waals surface area contributed by atoms with Crippen molar-refractivity contribution >= 4 is 0 Å². The zero-order valence-corrected chi connectivity index (χ0v) is 17.5. The molecule has 0 saturated carbocycles. The maximum Gasteiger partial charge on any atom is -0.0112 e. The molecule has 0 saturated heterocycles. The van der Waals surface area contributed by atoms with Gasteiger partial charge in [-0.05, 0) is 58.1 Å². The van der Waals surface area contributed by atoms with Crippen LogP contribution in [0.15, 0.2) is 36.4 Å². The van der Waals surface area contributed by atoms with Crippen molar-refractivity contribution in [3.05, 3.63) is 58.7 Å². The molecule has 132 valence electrons. The van der Waals surface area contributed by atoms with Gasteiger partial charge in [-0.3, -0.25) is 0 Å². The first-order valence-corrected chi connectivity index (χ1v) is 9.24. The van der Waals surface area contributed by atoms with Crippen molar-refractivity contribution in [3.8, 4) is 11.1 Å². The smallest absolute Gasteiger partial charge is 0.0112 e. The van der Waals surface area contributed by atoms with Crippen molar-refractivity contribution in [2.45, 2.75) is 80.1 Å². The summed E-state index contributed by atoms with van der Waals surface area (Å²) < 4.78 is 0. The van der Waals surface area contributed by atoms with Crippen LogP contribution in [0, 0.1) is 13.8 Å². The Bertz CT molecular complexity index is 615. The van der Waals surface area contributed by atoms with Gasteiger partial charge in [-0.15, -0.1) is 0 Å². The highest BCUT2D eigenvalue weighted by molar-refractivity contribution is 5.78. The predicted octanol–water partition coefficient (Wildman–Crippen LogP) is 7.59. The van der Waals surface area contributed by atoms with Crippen LogP contribution in [-0.4, -0.2) is 0 Å². The van der Waals surface area contributed by atoms with Crippen LogP contribution < -0.4 is 0 Å². The van der Waals surface area contributed by atoms with Crippen molar-refractivity contribution < 1.29 is 0 Å². The van der Waals surface area contributed by atoms with E-state index in [1.165, 1.54) is 33.4 Å². The molecule has 0 radical (unpaired) electrons. The van der Waals surface area contributed by atoms with E-state index in [2.05, 4.69) is 91.8 Å². The van der Waals surface area contributed by atoms with Gasteiger partial charge in [0.2, 0.25) is 0 Å². The maximum atomic E-state index is 2.31. The van der Waals surface area contributed by atoms with E-state index in [0.29, 0.717) is 0 Å². The van der Waals surface area contributed by atoms with Gasteiger partial charge in [-0.25, -0.2) is 0 Å². The van der Waals surface area contributed by atoms with E-state index < -0.39 is 0 Å². The van der Waals surface area contributed by atoms with Gasteiger partial charge in [0.25, 0.3) is 0 Å². The average Bonchev–Trinajstić information content (AvgIpc) is 2.47. The molecule has 0 bridgehead atoms. The summed E-state index contributed by atoms with van der Waals surface area (Å²) in [5.41, 5.74) is 8.74. The van der Waals surface area contributed by atoms with Crippen molar-refractivity contribution in [3.63, 3.8) is 0 Å². The van der Waals surface area contributed by atoms with Gasteiger partial charge in [0.05, 0.1) is 0 Å². The molecular formula is C24H36. The van der Waals surface area contributed by atoms with Gasteiger partial charge in [0.15, 0.2) is 0 Å². The van der Waals surface area contributed by atoms with Crippen LogP contribution in [0.4, 0.5) is 0 Å². The third kappa shape index (κ3) is 4.29. The number of benzene rings is 2. The summed E-state index contributed by atoms with van der Waals surface area (Å²) in [4.78, 5) is 0. The van der Waals surface area contributed by atoms with Gasteiger partial charge >= 0.3 is 0 Å². The molecule has 2 aromatic rings. The lowest BCUT2D eigenvalue weighted by atomic mass is 9.74. The molecule has 24 heavy (non-hydrogen) atoms. The highest BCUT2D eigenvalue weighted by Crippen LogP contribution is 2.41. The quantitative estimate of drug-likeness (QED) is 0.507. The van der Waals surface area contributed by atoms with Crippen molar-refractivity contribution in [1.82, 2.24) is 0 Å². The molecule has 2 rings (SSSR count). The molecule has 0 aliphatic heterocycles. The Morgan fingerprint density at radius 2 is 0.833 bits per heavy atom. The number of hydrogen-bond donors (Lipinski definition) is 0. The Labute approximate surface area is 150 Å². The van der Waals surface area contributed by atoms with E-state index in [1.807, 2.05) is 13.8 Å². The fourth-order valence-electron chi connectivity index (χ4n) is 3.25. The number of hydrogen-bond acceptors (Lipinski definition) is 0. The second-order valence-electron chi connectivity index (χ2n) is 8.49. The summed E-state index contributed by atoms with van der Waals surface area (Å²) in [6.45, 7) is 22.3. The summed E-state index contributed by atoms with van der Waals surface area (Å²) in [6.07, 6.45) is 0. The fraction of sp³-hybridized carbons (Fsp3) is 0.500. The van der Waals surface area contributed by atoms with E-state index in [-0.39, 0.29) is 10.8 Å². The summed E-state index contributed by atoms with van der Waals surface area (Å²) >= 11 is 0. The predicted molar refractivity (Wildman–Crippen MR) is 110 cm³/mol. The van der Waals surface area contributed by atoms with E-state index in [0.717, 1.165) is 0 Å². The van der Waals surface area contributed by atoms with Crippen LogP contribution in [0.3, 0.4) is 0 Å². The Morgan fingerprint density at radius 3 is 1.08 bits per heavy atom. The first-order valence-electron chi connectivity index (χ1n) is 9.24. The standard InChI is InChI=1S/C22H30.C2H6/c1-15-11-9-13-17(21(3,4)5)19(15)20-16(2)12-10-14-18(20)22(6,7)8;1-2/h9-14H,1-8H3;1-2H3. The normalized spacial score (nSPS) is 11.8. The minimum atomic E-state index is 0.138. The maximum absolute atomic E-state index is 2.31. The molecule has 0 nitrogen and oxygen atoms in total. The van der Waals surface area contributed by atoms with Crippen LogP contribution in [-0.2, 0) is 10.8 Å². The molecular weight excluding hydrogens is 288 g/mol. The Morgan fingerprint density at radius 1 is 0.542 bits per heavy atom. The molecule has 0 fully saturated rings. The summed E-state index contributed by atoms with van der Waals surface area (Å²) in [5.74, 6) is 0. The van der Waals surface area contributed by atoms with Gasteiger partial charge in [-0.2, -0.15) is 0 Å². The third-order valence-corrected chi connectivity index (χ3v) is 4.41. The van der Waals surface area contributed by atoms with E-state index in [4.69, 9.17) is 0 Å². The summed E-state index contributed by atoms with van der Waals surface area (Å²) in [7, 11) is 0. The SMILES string of the molecule is CC.Cc1cccc(C(C)(C)C)c1-c1c(C)cccc1C(C)(C)C. The second kappa shape index (κ2) is 7.55. The molecule has 0 aromatic heterocycles. The Kier molecular flexibility index (Phi) is 6.45. The molecule has 0 spiro atoms. The molecule has 0 N–H and O–H groups in total. The lowest BCUT2D eigenvalue weighted by Crippen LogP contribution is -2.17. The van der Waals surface area contributed by atoms with Crippen LogP contribution in [0.25, 0.3) is 11.1 Å². The van der Waals surface area contributed by atoms with Crippen molar-refractivity contribution in [1.29, 1.82) is 0 Å². The third-order valence-electron chi connectivity index (χ3n) is 4.41. The molecule has 0 amide bonds. The van der Waals surface area contributed by atoms with Gasteiger partial charge < -0.3 is 0 Å². The van der Waals surface area contributed by atoms with Gasteiger partial charge in [0, 0.05) is 0 Å². The van der Waals surface area contributed by atoms with Crippen molar-refractivity contribution in [2.75, 3.05) is 0 Å². The Balaban J connectivity index is 0.00000139. The van der Waals surface area contributed by atoms with E-state index >= 15 is 0 Å². The lowest BCUT2D eigenvalue weighted by Gasteiger charge is -2.30. The summed E-state index contributed by atoms with van der Waals surface area (Å²) in [6, 6.07) is 13.4. The summed E-state index contributed by atoms with van der Waals surface area (Å²) in [5, 5.41) is 0. The zero-order valence-electron chi connectivity index (χ0n) is 17.5. The topological polar surface area (TPSA) is 0 Å². The average molecular weight is 325 g/mol. The lowest BCUT2D eigenvalue weighted by molar-refractivity contribution is 0.584. The molecule has 0 atom stereocenters. The molecule has 0 aliphatic carbocycles. The van der Waals surface area contributed by atoms with Crippen LogP contribution in [0.5, 0.6) is 0 Å². The fourth-order valence-corrected chi connectivity index (χ4v) is 3.25. The molecule has 0 heterocycles. The van der Waals surface area contributed by atoms with E-state index in [1.54, 1.807) is 0 Å². The minimum absolute atomic E-state index is 0.138. The first-order chi connectivity index (χ1) is 11.0. The highest BCUT2D eigenvalue weighted by Gasteiger charge is 2.25. The second-order valence-corrected chi connectivity index (χ2v) is 8.49. The largest absolute Gasteiger partial charge is 0.0683 e. The van der Waals surface area contributed by atoms with Gasteiger partial charge in [-0.1, -0.05) is 91.8 Å². The molecule has 0 heteroatoms. The highest BCUT2D eigenvalue weighted by atomic mass is 14.3. The molecule has 2 aromatic carbocycles. The molecule has 0 aliphatic rings. The first kappa shape index (κ1) is 20.5. The zero-order chi connectivity index (χ0) is 18.7. The minimum Gasteiger partial charge on any atom is -0.0683 e. The number of aryl methyl sites for hydroxylation is 2. The van der Waals surface area contributed by atoms with Crippen LogP contribution in [0.1, 0.15) is 77.6 Å². The Hall–Kier alpha value is -1.56. The van der Waals surface area contributed by atoms with Crippen LogP contribution in [0.2, 0.25) is 0 Å². The van der Waals surface area contributed by atoms with Crippen LogP contribution >= 0.6 is 0 Å². The van der Waals surface area contributed by atoms with Gasteiger partial charge in [0.1, 0.15) is 0 Å².